The molecule has 1 N–H and O–H groups in total. The fraction of sp³-hybridized carbons (Fsp3) is 0.0833. The Bertz CT molecular complexity index is 599. The number of thiol groups is 1. The second-order valence-corrected chi connectivity index (χ2v) is 4.01. The van der Waals surface area contributed by atoms with Crippen molar-refractivity contribution in [2.45, 2.75) is 6.42 Å². The summed E-state index contributed by atoms with van der Waals surface area (Å²) in [6, 6.07) is 10.7. The van der Waals surface area contributed by atoms with Gasteiger partial charge in [-0.15, -0.1) is 12.6 Å². The van der Waals surface area contributed by atoms with Gasteiger partial charge in [-0.25, -0.2) is 4.98 Å². The van der Waals surface area contributed by atoms with E-state index in [1.807, 2.05) is 30.3 Å². The van der Waals surface area contributed by atoms with Crippen LogP contribution in [0.4, 0.5) is 0 Å². The molecule has 0 spiro atoms. The van der Waals surface area contributed by atoms with Crippen molar-refractivity contribution < 1.29 is 4.79 Å². The molecule has 0 atom stereocenters. The number of benzene rings is 1. The van der Waals surface area contributed by atoms with Crippen LogP contribution in [0.15, 0.2) is 41.2 Å². The molecular weight excluding hydrogens is 259 g/mol. The monoisotopic (exact) mass is 269 g/mol. The van der Waals surface area contributed by atoms with E-state index in [2.05, 4.69) is 22.6 Å². The van der Waals surface area contributed by atoms with E-state index in [-0.39, 0.29) is 46.7 Å². The number of nitrogens with zero attached hydrogens (tertiary/aromatic N) is 1. The average Bonchev–Trinajstić information content (AvgIpc) is 2.28. The van der Waals surface area contributed by atoms with Gasteiger partial charge >= 0.3 is 0 Å². The molecule has 87 valence electrons. The molecule has 1 aromatic heterocycles. The maximum atomic E-state index is 11.4. The van der Waals surface area contributed by atoms with Crippen LogP contribution in [0.2, 0.25) is 0 Å². The second-order valence-electron chi connectivity index (χ2n) is 3.51. The van der Waals surface area contributed by atoms with E-state index in [0.29, 0.717) is 11.5 Å². The van der Waals surface area contributed by atoms with Crippen molar-refractivity contribution >= 4 is 47.3 Å². The van der Waals surface area contributed by atoms with Gasteiger partial charge in [-0.05, 0) is 0 Å². The van der Waals surface area contributed by atoms with Crippen LogP contribution >= 0.6 is 12.6 Å². The first-order valence-electron chi connectivity index (χ1n) is 5.02. The largest absolute Gasteiger partial charge is 0.310 e. The molecule has 0 amide bonds. The van der Waals surface area contributed by atoms with Crippen molar-refractivity contribution in [2.75, 3.05) is 0 Å². The Morgan fingerprint density at radius 1 is 1.28 bits per heavy atom. The number of hydrogen-bond acceptors (Lipinski definition) is 3. The molecule has 0 aliphatic carbocycles. The van der Waals surface area contributed by atoms with E-state index in [1.165, 1.54) is 6.07 Å². The quantitative estimate of drug-likeness (QED) is 0.647. The molecule has 0 fully saturated rings. The van der Waals surface area contributed by atoms with Crippen molar-refractivity contribution in [3.8, 4) is 11.3 Å². The molecule has 4 nitrogen and oxygen atoms in total. The van der Waals surface area contributed by atoms with Crippen molar-refractivity contribution in [1.82, 2.24) is 9.97 Å². The Balaban J connectivity index is 0.00000162. The Morgan fingerprint density at radius 3 is 2.56 bits per heavy atom. The van der Waals surface area contributed by atoms with Gasteiger partial charge in [0.1, 0.15) is 5.82 Å². The van der Waals surface area contributed by atoms with Gasteiger partial charge in [0, 0.05) is 41.2 Å². The molecular formula is C12H10N2NaO2S. The predicted molar refractivity (Wildman–Crippen MR) is 73.7 cm³/mol. The minimum absolute atomic E-state index is 0. The second kappa shape index (κ2) is 6.89. The van der Waals surface area contributed by atoms with Gasteiger partial charge in [0.05, 0.1) is 12.1 Å². The van der Waals surface area contributed by atoms with Crippen molar-refractivity contribution in [2.24, 2.45) is 0 Å². The summed E-state index contributed by atoms with van der Waals surface area (Å²) < 4.78 is 0. The van der Waals surface area contributed by atoms with E-state index in [4.69, 9.17) is 0 Å². The number of hydrogen-bond donors (Lipinski definition) is 2. The molecule has 2 rings (SSSR count). The first-order chi connectivity index (χ1) is 8.15. The Labute approximate surface area is 132 Å². The summed E-state index contributed by atoms with van der Waals surface area (Å²) in [4.78, 5) is 29.0. The molecule has 0 unspecified atom stereocenters. The number of carbonyl (C=O) groups is 1. The Hall–Kier alpha value is -0.880. The summed E-state index contributed by atoms with van der Waals surface area (Å²) in [5, 5.41) is -0.335. The molecule has 0 aliphatic rings. The van der Waals surface area contributed by atoms with Crippen LogP contribution in [-0.4, -0.2) is 44.6 Å². The van der Waals surface area contributed by atoms with Crippen LogP contribution in [0, 0.1) is 0 Å². The molecule has 1 heterocycles. The molecule has 6 heteroatoms. The minimum atomic E-state index is -0.335. The maximum Gasteiger partial charge on any atom is 0.251 e. The van der Waals surface area contributed by atoms with E-state index in [9.17, 15) is 9.59 Å². The number of H-pyrrole nitrogens is 1. The fourth-order valence-electron chi connectivity index (χ4n) is 1.49. The third-order valence-electron chi connectivity index (χ3n) is 2.18. The number of rotatable bonds is 3. The number of aromatic nitrogens is 2. The molecule has 2 aromatic rings. The van der Waals surface area contributed by atoms with E-state index < -0.39 is 0 Å². The normalized spacial score (nSPS) is 9.61. The molecule has 0 saturated heterocycles. The molecule has 1 aromatic carbocycles. The number of aromatic amines is 1. The molecule has 1 radical (unpaired) electrons. The van der Waals surface area contributed by atoms with Crippen LogP contribution in [0.3, 0.4) is 0 Å². The summed E-state index contributed by atoms with van der Waals surface area (Å²) in [6.45, 7) is 0. The summed E-state index contributed by atoms with van der Waals surface area (Å²) >= 11 is 3.66. The Kier molecular flexibility index (Phi) is 5.81. The van der Waals surface area contributed by atoms with Crippen LogP contribution in [0.5, 0.6) is 0 Å². The van der Waals surface area contributed by atoms with Crippen molar-refractivity contribution in [1.29, 1.82) is 0 Å². The predicted octanol–water partition coefficient (Wildman–Crippen LogP) is 1.05. The van der Waals surface area contributed by atoms with Gasteiger partial charge in [0.15, 0.2) is 5.12 Å². The van der Waals surface area contributed by atoms with E-state index in [1.54, 1.807) is 0 Å². The van der Waals surface area contributed by atoms with Crippen LogP contribution in [0.25, 0.3) is 11.3 Å². The maximum absolute atomic E-state index is 11.4. The van der Waals surface area contributed by atoms with Gasteiger partial charge in [-0.3, -0.25) is 9.59 Å². The SMILES string of the molecule is O=C(S)Cc1nc(-c2ccccc2)cc(=O)[nH]1.[Na]. The molecule has 0 bridgehead atoms. The zero-order chi connectivity index (χ0) is 12.3. The van der Waals surface area contributed by atoms with Crippen molar-refractivity contribution in [3.63, 3.8) is 0 Å². The summed E-state index contributed by atoms with van der Waals surface area (Å²) in [7, 11) is 0. The first kappa shape index (κ1) is 15.2. The molecule has 0 aliphatic heterocycles. The fourth-order valence-corrected chi connectivity index (χ4v) is 1.64. The third-order valence-corrected chi connectivity index (χ3v) is 2.34. The summed E-state index contributed by atoms with van der Waals surface area (Å²) in [5.41, 5.74) is 1.12. The first-order valence-corrected chi connectivity index (χ1v) is 5.47. The van der Waals surface area contributed by atoms with E-state index in [0.717, 1.165) is 5.56 Å². The van der Waals surface area contributed by atoms with Gasteiger partial charge in [-0.1, -0.05) is 30.3 Å². The molecule has 18 heavy (non-hydrogen) atoms. The van der Waals surface area contributed by atoms with Gasteiger partial charge in [0.2, 0.25) is 0 Å². The summed E-state index contributed by atoms with van der Waals surface area (Å²) in [5.74, 6) is 0.330. The number of carbonyl (C=O) groups excluding carboxylic acids is 1. The average molecular weight is 269 g/mol. The van der Waals surface area contributed by atoms with Gasteiger partial charge < -0.3 is 4.98 Å². The summed E-state index contributed by atoms with van der Waals surface area (Å²) in [6.07, 6.45) is 0.0129. The third kappa shape index (κ3) is 4.10. The zero-order valence-corrected chi connectivity index (χ0v) is 12.8. The Morgan fingerprint density at radius 2 is 1.94 bits per heavy atom. The minimum Gasteiger partial charge on any atom is -0.310 e. The number of nitrogens with one attached hydrogen (secondary N) is 1. The zero-order valence-electron chi connectivity index (χ0n) is 9.88. The smallest absolute Gasteiger partial charge is 0.251 e. The van der Waals surface area contributed by atoms with E-state index >= 15 is 0 Å². The van der Waals surface area contributed by atoms with Crippen LogP contribution in [-0.2, 0) is 11.2 Å². The van der Waals surface area contributed by atoms with Crippen LogP contribution in [0.1, 0.15) is 5.82 Å². The van der Waals surface area contributed by atoms with Gasteiger partial charge in [-0.2, -0.15) is 0 Å². The van der Waals surface area contributed by atoms with Crippen molar-refractivity contribution in [3.05, 3.63) is 52.6 Å². The topological polar surface area (TPSA) is 62.8 Å². The van der Waals surface area contributed by atoms with Gasteiger partial charge in [0.25, 0.3) is 5.56 Å². The standard InChI is InChI=1S/C12H10N2O2S.Na/c15-11-6-9(8-4-2-1-3-5-8)13-10(14-11)7-12(16)17;/h1-6H,7H2,(H,16,17)(H,13,14,15);. The van der Waals surface area contributed by atoms with Crippen LogP contribution < -0.4 is 5.56 Å². The molecule has 0 saturated carbocycles.